The van der Waals surface area contributed by atoms with Crippen LogP contribution in [0.25, 0.3) is 5.82 Å². The van der Waals surface area contributed by atoms with Crippen molar-refractivity contribution in [3.63, 3.8) is 0 Å². The molecule has 0 unspecified atom stereocenters. The maximum Gasteiger partial charge on any atom is 0.416 e. The molecule has 2 aromatic heterocycles. The number of aromatic nitrogens is 4. The van der Waals surface area contributed by atoms with E-state index in [0.717, 1.165) is 17.8 Å². The van der Waals surface area contributed by atoms with Gasteiger partial charge in [-0.15, -0.1) is 10.2 Å². The zero-order chi connectivity index (χ0) is 21.3. The predicted octanol–water partition coefficient (Wildman–Crippen LogP) is 2.95. The molecule has 1 aliphatic rings. The zero-order valence-corrected chi connectivity index (χ0v) is 16.2. The third kappa shape index (κ3) is 4.12. The van der Waals surface area contributed by atoms with Crippen molar-refractivity contribution in [2.45, 2.75) is 13.1 Å². The smallest absolute Gasteiger partial charge is 0.352 e. The highest BCUT2D eigenvalue weighted by Gasteiger charge is 2.30. The second-order valence-corrected chi connectivity index (χ2v) is 7.01. The summed E-state index contributed by atoms with van der Waals surface area (Å²) in [6.45, 7) is 3.90. The van der Waals surface area contributed by atoms with Gasteiger partial charge in [-0.05, 0) is 49.4 Å². The van der Waals surface area contributed by atoms with Gasteiger partial charge < -0.3 is 9.80 Å². The molecule has 1 saturated heterocycles. The fourth-order valence-electron chi connectivity index (χ4n) is 3.27. The lowest BCUT2D eigenvalue weighted by Crippen LogP contribution is -2.49. The minimum Gasteiger partial charge on any atom is -0.352 e. The summed E-state index contributed by atoms with van der Waals surface area (Å²) in [4.78, 5) is 16.2. The molecule has 3 aromatic rings. The van der Waals surface area contributed by atoms with Crippen molar-refractivity contribution in [3.05, 3.63) is 65.5 Å². The molecule has 10 heteroatoms. The van der Waals surface area contributed by atoms with Crippen molar-refractivity contribution in [2.24, 2.45) is 0 Å². The van der Waals surface area contributed by atoms with Gasteiger partial charge in [-0.25, -0.2) is 4.68 Å². The van der Waals surface area contributed by atoms with Gasteiger partial charge in [0.2, 0.25) is 0 Å². The summed E-state index contributed by atoms with van der Waals surface area (Å²) in [5.41, 5.74) is 0.362. The van der Waals surface area contributed by atoms with Gasteiger partial charge in [-0.1, -0.05) is 0 Å². The molecule has 7 nitrogen and oxygen atoms in total. The lowest BCUT2D eigenvalue weighted by molar-refractivity contribution is -0.137. The minimum atomic E-state index is -4.42. The van der Waals surface area contributed by atoms with Gasteiger partial charge in [-0.2, -0.15) is 18.3 Å². The molecule has 0 atom stereocenters. The van der Waals surface area contributed by atoms with Crippen LogP contribution >= 0.6 is 0 Å². The summed E-state index contributed by atoms with van der Waals surface area (Å²) in [6.07, 6.45) is -2.61. The standard InChI is InChI=1S/C20H19F3N6O/c1-14-8-9-29(26-14)18-7-6-17(24-25-18)27-10-12-28(13-11-27)19(30)15-2-4-16(5-3-15)20(21,22)23/h2-9H,10-13H2,1H3. The summed E-state index contributed by atoms with van der Waals surface area (Å²) in [5.74, 6) is 1.03. The van der Waals surface area contributed by atoms with Gasteiger partial charge in [0, 0.05) is 37.9 Å². The number of piperazine rings is 1. The number of anilines is 1. The van der Waals surface area contributed by atoms with E-state index in [1.165, 1.54) is 12.1 Å². The van der Waals surface area contributed by atoms with Gasteiger partial charge in [0.25, 0.3) is 5.91 Å². The molecule has 30 heavy (non-hydrogen) atoms. The summed E-state index contributed by atoms with van der Waals surface area (Å²) >= 11 is 0. The van der Waals surface area contributed by atoms with Crippen LogP contribution < -0.4 is 4.90 Å². The van der Waals surface area contributed by atoms with Crippen LogP contribution in [-0.4, -0.2) is 57.0 Å². The van der Waals surface area contributed by atoms with Crippen LogP contribution in [0.3, 0.4) is 0 Å². The first-order valence-electron chi connectivity index (χ1n) is 9.39. The first-order chi connectivity index (χ1) is 14.3. The van der Waals surface area contributed by atoms with E-state index >= 15 is 0 Å². The Morgan fingerprint density at radius 1 is 0.900 bits per heavy atom. The molecule has 1 aromatic carbocycles. The van der Waals surface area contributed by atoms with Gasteiger partial charge in [0.05, 0.1) is 11.3 Å². The van der Waals surface area contributed by atoms with E-state index in [4.69, 9.17) is 0 Å². The lowest BCUT2D eigenvalue weighted by atomic mass is 10.1. The number of carbonyl (C=O) groups is 1. The third-order valence-corrected chi connectivity index (χ3v) is 4.94. The topological polar surface area (TPSA) is 67.2 Å². The average Bonchev–Trinajstić information content (AvgIpc) is 3.19. The molecule has 0 N–H and O–H groups in total. The molecule has 0 bridgehead atoms. The van der Waals surface area contributed by atoms with Gasteiger partial charge in [-0.3, -0.25) is 4.79 Å². The second-order valence-electron chi connectivity index (χ2n) is 7.01. The van der Waals surface area contributed by atoms with Crippen LogP contribution in [-0.2, 0) is 6.18 Å². The Hall–Kier alpha value is -3.43. The van der Waals surface area contributed by atoms with Crippen molar-refractivity contribution in [1.82, 2.24) is 24.9 Å². The van der Waals surface area contributed by atoms with Crippen LogP contribution in [0.15, 0.2) is 48.7 Å². The van der Waals surface area contributed by atoms with Gasteiger partial charge >= 0.3 is 6.18 Å². The monoisotopic (exact) mass is 416 g/mol. The van der Waals surface area contributed by atoms with Crippen molar-refractivity contribution in [3.8, 4) is 5.82 Å². The predicted molar refractivity (Wildman–Crippen MR) is 103 cm³/mol. The maximum atomic E-state index is 12.7. The Bertz CT molecular complexity index is 1020. The Labute approximate surface area is 170 Å². The van der Waals surface area contributed by atoms with Gasteiger partial charge in [0.1, 0.15) is 0 Å². The maximum absolute atomic E-state index is 12.7. The summed E-state index contributed by atoms with van der Waals surface area (Å²) in [6, 6.07) is 9.87. The fourth-order valence-corrected chi connectivity index (χ4v) is 3.27. The van der Waals surface area contributed by atoms with E-state index in [2.05, 4.69) is 15.3 Å². The van der Waals surface area contributed by atoms with Crippen LogP contribution in [0.2, 0.25) is 0 Å². The van der Waals surface area contributed by atoms with E-state index in [9.17, 15) is 18.0 Å². The normalized spacial score (nSPS) is 14.8. The molecule has 0 spiro atoms. The van der Waals surface area contributed by atoms with Crippen molar-refractivity contribution in [2.75, 3.05) is 31.1 Å². The number of rotatable bonds is 3. The highest BCUT2D eigenvalue weighted by molar-refractivity contribution is 5.94. The number of halogens is 3. The van der Waals surface area contributed by atoms with Crippen LogP contribution in [0.1, 0.15) is 21.6 Å². The van der Waals surface area contributed by atoms with Crippen LogP contribution in [0.4, 0.5) is 19.0 Å². The highest BCUT2D eigenvalue weighted by Crippen LogP contribution is 2.29. The minimum absolute atomic E-state index is 0.245. The number of aryl methyl sites for hydroxylation is 1. The van der Waals surface area contributed by atoms with Crippen LogP contribution in [0, 0.1) is 6.92 Å². The Kier molecular flexibility index (Phi) is 5.15. The Morgan fingerprint density at radius 2 is 1.53 bits per heavy atom. The largest absolute Gasteiger partial charge is 0.416 e. The van der Waals surface area contributed by atoms with Crippen LogP contribution in [0.5, 0.6) is 0 Å². The van der Waals surface area contributed by atoms with E-state index in [1.54, 1.807) is 9.58 Å². The molecule has 1 aliphatic heterocycles. The summed E-state index contributed by atoms with van der Waals surface area (Å²) in [5, 5.41) is 12.8. The van der Waals surface area contributed by atoms with E-state index in [0.29, 0.717) is 37.8 Å². The fraction of sp³-hybridized carbons (Fsp3) is 0.300. The number of carbonyl (C=O) groups excluding carboxylic acids is 1. The second kappa shape index (κ2) is 7.77. The molecular weight excluding hydrogens is 397 g/mol. The first kappa shape index (κ1) is 19.9. The Balaban J connectivity index is 1.37. The molecular formula is C20H19F3N6O. The number of nitrogens with zero attached hydrogens (tertiary/aromatic N) is 6. The lowest BCUT2D eigenvalue weighted by Gasteiger charge is -2.35. The highest BCUT2D eigenvalue weighted by atomic mass is 19.4. The van der Waals surface area contributed by atoms with Gasteiger partial charge in [0.15, 0.2) is 11.6 Å². The zero-order valence-electron chi connectivity index (χ0n) is 16.2. The van der Waals surface area contributed by atoms with Crippen molar-refractivity contribution >= 4 is 11.7 Å². The Morgan fingerprint density at radius 3 is 2.07 bits per heavy atom. The molecule has 1 fully saturated rings. The van der Waals surface area contributed by atoms with Crippen molar-refractivity contribution in [1.29, 1.82) is 0 Å². The quantitative estimate of drug-likeness (QED) is 0.657. The summed E-state index contributed by atoms with van der Waals surface area (Å²) in [7, 11) is 0. The van der Waals surface area contributed by atoms with E-state index in [-0.39, 0.29) is 11.5 Å². The molecule has 0 saturated carbocycles. The molecule has 0 aliphatic carbocycles. The number of alkyl halides is 3. The molecule has 4 rings (SSSR count). The van der Waals surface area contributed by atoms with E-state index < -0.39 is 11.7 Å². The number of hydrogen-bond acceptors (Lipinski definition) is 5. The molecule has 156 valence electrons. The SMILES string of the molecule is Cc1ccn(-c2ccc(N3CCN(C(=O)c4ccc(C(F)(F)F)cc4)CC3)nn2)n1. The number of amides is 1. The third-order valence-electron chi connectivity index (χ3n) is 4.94. The number of hydrogen-bond donors (Lipinski definition) is 0. The average molecular weight is 416 g/mol. The van der Waals surface area contributed by atoms with Crippen molar-refractivity contribution < 1.29 is 18.0 Å². The summed E-state index contributed by atoms with van der Waals surface area (Å²) < 4.78 is 39.7. The molecule has 0 radical (unpaired) electrons. The first-order valence-corrected chi connectivity index (χ1v) is 9.39. The number of benzene rings is 1. The molecule has 1 amide bonds. The van der Waals surface area contributed by atoms with E-state index in [1.807, 2.05) is 36.2 Å². The molecule has 3 heterocycles.